The monoisotopic (exact) mass is 1030 g/mol. The van der Waals surface area contributed by atoms with Gasteiger partial charge in [-0.25, -0.2) is 4.79 Å². The van der Waals surface area contributed by atoms with Crippen LogP contribution in [0, 0.1) is 17.8 Å². The molecule has 2 spiro atoms. The van der Waals surface area contributed by atoms with Crippen LogP contribution in [0.15, 0.2) is 36.5 Å². The molecule has 0 aliphatic carbocycles. The van der Waals surface area contributed by atoms with Gasteiger partial charge in [0.2, 0.25) is 0 Å². The molecule has 21 atom stereocenters. The van der Waals surface area contributed by atoms with Crippen molar-refractivity contribution in [2.24, 2.45) is 17.8 Å². The molecule has 6 heterocycles. The molecule has 0 aromatic heterocycles. The third-order valence-electron chi connectivity index (χ3n) is 16.0. The lowest BCUT2D eigenvalue weighted by molar-refractivity contribution is -0.423. The number of cyclic esters (lactones) is 1. The molecule has 412 valence electrons. The van der Waals surface area contributed by atoms with Gasteiger partial charge >= 0.3 is 11.9 Å². The van der Waals surface area contributed by atoms with Crippen molar-refractivity contribution in [3.8, 4) is 0 Å². The van der Waals surface area contributed by atoms with E-state index >= 15 is 0 Å². The zero-order valence-electron chi connectivity index (χ0n) is 43.2. The molecule has 5 fully saturated rings. The minimum Gasteiger partial charge on any atom is -0.467 e. The molecule has 0 saturated carbocycles. The molecule has 19 nitrogen and oxygen atoms in total. The Morgan fingerprint density at radius 1 is 0.764 bits per heavy atom. The lowest BCUT2D eigenvalue weighted by Gasteiger charge is -2.54. The summed E-state index contributed by atoms with van der Waals surface area (Å²) >= 11 is 0. The molecule has 21 unspecified atom stereocenters. The smallest absolute Gasteiger partial charge is 0.335 e. The van der Waals surface area contributed by atoms with E-state index in [-0.39, 0.29) is 70.1 Å². The van der Waals surface area contributed by atoms with Crippen molar-refractivity contribution in [3.63, 3.8) is 0 Å². The maximum Gasteiger partial charge on any atom is 0.335 e. The summed E-state index contributed by atoms with van der Waals surface area (Å²) in [5.74, 6) is -7.32. The molecular formula is C53H86O19. The van der Waals surface area contributed by atoms with E-state index in [1.807, 2.05) is 19.1 Å². The minimum absolute atomic E-state index is 0.0233. The second-order valence-electron chi connectivity index (χ2n) is 21.6. The summed E-state index contributed by atoms with van der Waals surface area (Å²) in [6.45, 7) is 5.55. The summed E-state index contributed by atoms with van der Waals surface area (Å²) in [6.07, 6.45) is 0.838. The van der Waals surface area contributed by atoms with Crippen LogP contribution in [0.1, 0.15) is 136 Å². The van der Waals surface area contributed by atoms with Gasteiger partial charge in [0.25, 0.3) is 0 Å². The van der Waals surface area contributed by atoms with E-state index in [1.54, 1.807) is 38.2 Å². The third kappa shape index (κ3) is 15.4. The van der Waals surface area contributed by atoms with Crippen molar-refractivity contribution >= 4 is 11.9 Å². The zero-order chi connectivity index (χ0) is 52.4. The Hall–Kier alpha value is -2.44. The number of aliphatic hydroxyl groups is 8. The Labute approximate surface area is 424 Å². The molecule has 19 heteroatoms. The molecule has 72 heavy (non-hydrogen) atoms. The molecule has 0 radical (unpaired) electrons. The molecule has 0 amide bonds. The van der Waals surface area contributed by atoms with E-state index in [1.165, 1.54) is 21.3 Å². The number of allylic oxidation sites excluding steroid dienone is 2. The average Bonchev–Trinajstić information content (AvgIpc) is 3.34. The normalized spacial score (nSPS) is 44.1. The summed E-state index contributed by atoms with van der Waals surface area (Å²) in [4.78, 5) is 25.4. The van der Waals surface area contributed by atoms with Crippen molar-refractivity contribution < 1.29 is 93.1 Å². The highest BCUT2D eigenvalue weighted by molar-refractivity contribution is 5.74. The summed E-state index contributed by atoms with van der Waals surface area (Å²) in [5.41, 5.74) is 0. The SMILES string of the molecule is COC(=O)C(O)CC=CCC=CCC(O)C1CC2(O)OC3(CCC2C)CC(OC)C(O)C(CCC(C)C(O)C(O)C2OC4(C=CC(C)C(CC(O)CC(O)CC5CCCC(CC(=O)O1)O5)O4)CCC2OC)O3. The van der Waals surface area contributed by atoms with Gasteiger partial charge in [-0.15, -0.1) is 0 Å². The van der Waals surface area contributed by atoms with Crippen LogP contribution in [-0.2, 0) is 52.2 Å². The van der Waals surface area contributed by atoms with Gasteiger partial charge in [-0.3, -0.25) is 4.79 Å². The maximum absolute atomic E-state index is 13.9. The van der Waals surface area contributed by atoms with Crippen LogP contribution in [0.25, 0.3) is 0 Å². The minimum atomic E-state index is -2.00. The van der Waals surface area contributed by atoms with Gasteiger partial charge in [-0.2, -0.15) is 0 Å². The first kappa shape index (κ1) is 58.8. The Balaban J connectivity index is 1.25. The second kappa shape index (κ2) is 26.6. The Kier molecular flexibility index (Phi) is 21.7. The van der Waals surface area contributed by atoms with Crippen LogP contribution in [0.5, 0.6) is 0 Å². The lowest BCUT2D eigenvalue weighted by atomic mass is 9.80. The van der Waals surface area contributed by atoms with E-state index in [0.29, 0.717) is 51.4 Å². The van der Waals surface area contributed by atoms with Gasteiger partial charge in [0, 0.05) is 64.6 Å². The summed E-state index contributed by atoms with van der Waals surface area (Å²) in [6, 6.07) is 0. The summed E-state index contributed by atoms with van der Waals surface area (Å²) in [5, 5.41) is 91.9. The quantitative estimate of drug-likeness (QED) is 0.115. The highest BCUT2D eigenvalue weighted by Gasteiger charge is 2.57. The topological polar surface area (TPSA) is 279 Å². The number of rotatable bonds is 10. The first-order chi connectivity index (χ1) is 34.2. The number of hydrogen-bond acceptors (Lipinski definition) is 19. The molecule has 0 aromatic carbocycles. The number of aliphatic hydroxyl groups excluding tert-OH is 7. The van der Waals surface area contributed by atoms with Gasteiger partial charge in [0.15, 0.2) is 23.5 Å². The number of carbonyl (C=O) groups excluding carboxylic acids is 2. The Morgan fingerprint density at radius 3 is 2.19 bits per heavy atom. The standard InChI is InChI=1S/C53H86O19/c1-31-19-22-51-24-21-41(64-4)49(71-51)48(61)46(59)32(2)17-18-40-47(60)44(65-5)29-52(69-40)23-20-33(3)53(63,72-52)30-43(38(56)15-10-8-7-9-11-16-39(57)50(62)66-6)68-45(58)28-37-14-12-13-36(67-37)26-34(54)25-35(55)27-42(31)70-51/h8-11,19,22,31-44,46-49,54-57,59-61,63H,7,12-18,20-21,23-30H2,1-6H3. The zero-order valence-corrected chi connectivity index (χ0v) is 43.2. The van der Waals surface area contributed by atoms with E-state index in [4.69, 9.17) is 37.9 Å². The number of esters is 2. The molecule has 8 N–H and O–H groups in total. The van der Waals surface area contributed by atoms with E-state index < -0.39 is 133 Å². The first-order valence-corrected chi connectivity index (χ1v) is 26.4. The van der Waals surface area contributed by atoms with Gasteiger partial charge in [0.1, 0.15) is 24.4 Å². The number of fused-ring (bicyclic) bond motifs is 6. The molecular weight excluding hydrogens is 941 g/mol. The largest absolute Gasteiger partial charge is 0.467 e. The van der Waals surface area contributed by atoms with Crippen LogP contribution in [0.3, 0.4) is 0 Å². The van der Waals surface area contributed by atoms with Gasteiger partial charge in [-0.1, -0.05) is 51.2 Å². The average molecular weight is 1030 g/mol. The second-order valence-corrected chi connectivity index (χ2v) is 21.6. The molecule has 6 aliphatic rings. The summed E-state index contributed by atoms with van der Waals surface area (Å²) < 4.78 is 55.0. The van der Waals surface area contributed by atoms with Crippen molar-refractivity contribution in [2.75, 3.05) is 21.3 Å². The predicted octanol–water partition coefficient (Wildman–Crippen LogP) is 3.32. The lowest BCUT2D eigenvalue weighted by Crippen LogP contribution is -2.63. The highest BCUT2D eigenvalue weighted by Crippen LogP contribution is 2.48. The van der Waals surface area contributed by atoms with E-state index in [9.17, 15) is 50.4 Å². The van der Waals surface area contributed by atoms with E-state index in [0.717, 1.165) is 0 Å². The van der Waals surface area contributed by atoms with E-state index in [2.05, 4.69) is 4.74 Å². The molecule has 5 saturated heterocycles. The predicted molar refractivity (Wildman–Crippen MR) is 258 cm³/mol. The van der Waals surface area contributed by atoms with Gasteiger partial charge in [-0.05, 0) is 82.6 Å². The van der Waals surface area contributed by atoms with Crippen LogP contribution < -0.4 is 0 Å². The number of ether oxygens (including phenoxy) is 9. The molecule has 0 aromatic rings. The molecule has 6 rings (SSSR count). The van der Waals surface area contributed by atoms with Crippen LogP contribution in [-0.4, -0.2) is 183 Å². The fraction of sp³-hybridized carbons (Fsp3) is 0.849. The fourth-order valence-electron chi connectivity index (χ4n) is 11.4. The third-order valence-corrected chi connectivity index (χ3v) is 16.0. The fourth-order valence-corrected chi connectivity index (χ4v) is 11.4. The van der Waals surface area contributed by atoms with Crippen molar-refractivity contribution in [1.29, 1.82) is 0 Å². The van der Waals surface area contributed by atoms with Gasteiger partial charge < -0.3 is 83.5 Å². The van der Waals surface area contributed by atoms with Crippen molar-refractivity contribution in [3.05, 3.63) is 36.5 Å². The first-order valence-electron chi connectivity index (χ1n) is 26.4. The molecule has 6 aliphatic heterocycles. The van der Waals surface area contributed by atoms with Crippen LogP contribution in [0.2, 0.25) is 0 Å². The Bertz CT molecular complexity index is 1800. The highest BCUT2D eigenvalue weighted by atomic mass is 16.8. The number of methoxy groups -OCH3 is 3. The maximum atomic E-state index is 13.9. The van der Waals surface area contributed by atoms with Crippen molar-refractivity contribution in [1.82, 2.24) is 0 Å². The number of carbonyl (C=O) groups is 2. The summed E-state index contributed by atoms with van der Waals surface area (Å²) in [7, 11) is 4.19. The van der Waals surface area contributed by atoms with Crippen LogP contribution >= 0.6 is 0 Å². The molecule has 8 bridgehead atoms. The Morgan fingerprint density at radius 2 is 1.47 bits per heavy atom. The van der Waals surface area contributed by atoms with Gasteiger partial charge in [0.05, 0.1) is 74.6 Å². The number of hydrogen-bond donors (Lipinski definition) is 8. The van der Waals surface area contributed by atoms with Crippen LogP contribution in [0.4, 0.5) is 0 Å². The van der Waals surface area contributed by atoms with Crippen molar-refractivity contribution in [2.45, 2.75) is 245 Å².